The summed E-state index contributed by atoms with van der Waals surface area (Å²) in [5, 5.41) is 8.72. The number of nitrogens with zero attached hydrogens (tertiary/aromatic N) is 6. The first-order valence-corrected chi connectivity index (χ1v) is 10.8. The smallest absolute Gasteiger partial charge is 0.242 e. The fourth-order valence-corrected chi connectivity index (χ4v) is 3.66. The lowest BCUT2D eigenvalue weighted by molar-refractivity contribution is -0.139. The van der Waals surface area contributed by atoms with E-state index in [4.69, 9.17) is 19.7 Å². The summed E-state index contributed by atoms with van der Waals surface area (Å²) in [6.07, 6.45) is 3.39. The molecule has 0 bridgehead atoms. The van der Waals surface area contributed by atoms with Gasteiger partial charge in [-0.05, 0) is 18.2 Å². The van der Waals surface area contributed by atoms with Gasteiger partial charge in [-0.3, -0.25) is 9.78 Å². The molecule has 1 aromatic carbocycles. The largest absolute Gasteiger partial charge is 0.473 e. The highest BCUT2D eigenvalue weighted by molar-refractivity contribution is 7.59. The summed E-state index contributed by atoms with van der Waals surface area (Å²) in [7, 11) is 3.99. The third kappa shape index (κ3) is 5.92. The van der Waals surface area contributed by atoms with Gasteiger partial charge in [-0.2, -0.15) is 18.8 Å². The minimum absolute atomic E-state index is 0. The predicted octanol–water partition coefficient (Wildman–Crippen LogP) is 2.78. The van der Waals surface area contributed by atoms with Crippen LogP contribution in [0.15, 0.2) is 42.7 Å². The molecule has 34 heavy (non-hydrogen) atoms. The van der Waals surface area contributed by atoms with Gasteiger partial charge in [0.25, 0.3) is 0 Å². The number of rotatable bonds is 7. The maximum absolute atomic E-state index is 12.3. The SMILES string of the molecule is CN(C)c1ccc(-c2cc3nccnc3c(OC[C@@H]3CN(C(=O)CCC#N)CCO3)n2)cc1.S. The van der Waals surface area contributed by atoms with Crippen molar-refractivity contribution in [1.82, 2.24) is 19.9 Å². The lowest BCUT2D eigenvalue weighted by Crippen LogP contribution is -2.47. The van der Waals surface area contributed by atoms with E-state index in [2.05, 4.69) is 9.97 Å². The second kappa shape index (κ2) is 11.6. The van der Waals surface area contributed by atoms with Crippen LogP contribution in [0.25, 0.3) is 22.3 Å². The van der Waals surface area contributed by atoms with Crippen LogP contribution < -0.4 is 9.64 Å². The highest BCUT2D eigenvalue weighted by Gasteiger charge is 2.25. The lowest BCUT2D eigenvalue weighted by Gasteiger charge is -2.32. The summed E-state index contributed by atoms with van der Waals surface area (Å²) in [6.45, 7) is 1.59. The van der Waals surface area contributed by atoms with Crippen LogP contribution in [0, 0.1) is 11.3 Å². The van der Waals surface area contributed by atoms with Gasteiger partial charge in [0.05, 0.1) is 30.4 Å². The van der Waals surface area contributed by atoms with Gasteiger partial charge >= 0.3 is 0 Å². The zero-order chi connectivity index (χ0) is 23.2. The number of hydrogen-bond donors (Lipinski definition) is 0. The maximum Gasteiger partial charge on any atom is 0.242 e. The number of aromatic nitrogens is 3. The van der Waals surface area contributed by atoms with Crippen LogP contribution >= 0.6 is 13.5 Å². The molecule has 0 aliphatic carbocycles. The normalized spacial score (nSPS) is 15.3. The van der Waals surface area contributed by atoms with Crippen molar-refractivity contribution < 1.29 is 14.3 Å². The van der Waals surface area contributed by atoms with Crippen molar-refractivity contribution >= 4 is 36.1 Å². The van der Waals surface area contributed by atoms with Crippen molar-refractivity contribution in [3.63, 3.8) is 0 Å². The van der Waals surface area contributed by atoms with Gasteiger partial charge in [0.1, 0.15) is 12.7 Å². The second-order valence-corrected chi connectivity index (χ2v) is 7.98. The Morgan fingerprint density at radius 2 is 2.03 bits per heavy atom. The molecule has 1 saturated heterocycles. The van der Waals surface area contributed by atoms with Gasteiger partial charge in [0, 0.05) is 57.1 Å². The molecule has 178 valence electrons. The van der Waals surface area contributed by atoms with Crippen LogP contribution in [0.3, 0.4) is 0 Å². The quantitative estimate of drug-likeness (QED) is 0.508. The second-order valence-electron chi connectivity index (χ2n) is 7.98. The van der Waals surface area contributed by atoms with Crippen molar-refractivity contribution in [2.75, 3.05) is 45.3 Å². The van der Waals surface area contributed by atoms with Crippen LogP contribution in [0.2, 0.25) is 0 Å². The molecule has 3 heterocycles. The van der Waals surface area contributed by atoms with E-state index in [0.29, 0.717) is 36.6 Å². The van der Waals surface area contributed by atoms with Gasteiger partial charge < -0.3 is 19.3 Å². The maximum atomic E-state index is 12.3. The van der Waals surface area contributed by atoms with Crippen LogP contribution in [-0.4, -0.2) is 72.3 Å². The summed E-state index contributed by atoms with van der Waals surface area (Å²) >= 11 is 0. The molecule has 10 heteroatoms. The van der Waals surface area contributed by atoms with Crippen molar-refractivity contribution in [3.8, 4) is 23.2 Å². The topological polar surface area (TPSA) is 104 Å². The van der Waals surface area contributed by atoms with Crippen LogP contribution in [0.5, 0.6) is 5.88 Å². The van der Waals surface area contributed by atoms with Gasteiger partial charge in [-0.25, -0.2) is 9.97 Å². The average molecular weight is 481 g/mol. The molecule has 0 N–H and O–H groups in total. The van der Waals surface area contributed by atoms with E-state index in [0.717, 1.165) is 16.9 Å². The molecule has 1 fully saturated rings. The minimum atomic E-state index is -0.290. The number of morpholine rings is 1. The Bertz CT molecular complexity index is 1170. The fraction of sp³-hybridized carbons (Fsp3) is 0.375. The van der Waals surface area contributed by atoms with Crippen LogP contribution in [0.4, 0.5) is 5.69 Å². The number of carbonyl (C=O) groups is 1. The molecule has 1 aliphatic rings. The highest BCUT2D eigenvalue weighted by Crippen LogP contribution is 2.28. The molecule has 1 aliphatic heterocycles. The molecular weight excluding hydrogens is 452 g/mol. The van der Waals surface area contributed by atoms with Gasteiger partial charge in [-0.1, -0.05) is 12.1 Å². The van der Waals surface area contributed by atoms with Crippen LogP contribution in [0.1, 0.15) is 12.8 Å². The summed E-state index contributed by atoms with van der Waals surface area (Å²) in [5.74, 6) is 0.339. The first-order valence-electron chi connectivity index (χ1n) is 10.8. The number of amides is 1. The van der Waals surface area contributed by atoms with Gasteiger partial charge in [0.15, 0.2) is 5.52 Å². The number of fused-ring (bicyclic) bond motifs is 1. The Morgan fingerprint density at radius 1 is 1.26 bits per heavy atom. The molecule has 3 aromatic rings. The van der Waals surface area contributed by atoms with E-state index in [-0.39, 0.29) is 45.0 Å². The molecule has 9 nitrogen and oxygen atoms in total. The lowest BCUT2D eigenvalue weighted by atomic mass is 10.1. The average Bonchev–Trinajstić information content (AvgIpc) is 2.85. The molecule has 0 saturated carbocycles. The molecule has 1 atom stereocenters. The van der Waals surface area contributed by atoms with Gasteiger partial charge in [0.2, 0.25) is 11.8 Å². The summed E-state index contributed by atoms with van der Waals surface area (Å²) in [4.78, 5) is 29.6. The summed E-state index contributed by atoms with van der Waals surface area (Å²) < 4.78 is 11.8. The Kier molecular flexibility index (Phi) is 8.62. The Balaban J connectivity index is 0.00000324. The van der Waals surface area contributed by atoms with E-state index in [1.807, 2.05) is 55.4 Å². The number of carbonyl (C=O) groups excluding carboxylic acids is 1. The number of benzene rings is 1. The Labute approximate surface area is 205 Å². The molecule has 1 amide bonds. The van der Waals surface area contributed by atoms with Crippen molar-refractivity contribution in [3.05, 3.63) is 42.7 Å². The number of hydrogen-bond acceptors (Lipinski definition) is 8. The number of anilines is 1. The Morgan fingerprint density at radius 3 is 2.76 bits per heavy atom. The van der Waals surface area contributed by atoms with E-state index in [1.165, 1.54) is 0 Å². The minimum Gasteiger partial charge on any atom is -0.473 e. The zero-order valence-corrected chi connectivity index (χ0v) is 20.3. The third-order valence-corrected chi connectivity index (χ3v) is 5.45. The molecule has 0 spiro atoms. The van der Waals surface area contributed by atoms with Crippen molar-refractivity contribution in [1.29, 1.82) is 5.26 Å². The molecule has 2 aromatic heterocycles. The number of pyridine rings is 1. The number of nitriles is 1. The fourth-order valence-electron chi connectivity index (χ4n) is 3.66. The molecule has 0 radical (unpaired) electrons. The monoisotopic (exact) mass is 480 g/mol. The first kappa shape index (κ1) is 25.2. The van der Waals surface area contributed by atoms with Crippen molar-refractivity contribution in [2.24, 2.45) is 0 Å². The van der Waals surface area contributed by atoms with Crippen LogP contribution in [-0.2, 0) is 9.53 Å². The summed E-state index contributed by atoms with van der Waals surface area (Å²) in [5.41, 5.74) is 4.04. The first-order chi connectivity index (χ1) is 16.0. The predicted molar refractivity (Wildman–Crippen MR) is 134 cm³/mol. The van der Waals surface area contributed by atoms with E-state index in [1.54, 1.807) is 17.3 Å². The highest BCUT2D eigenvalue weighted by atomic mass is 32.1. The van der Waals surface area contributed by atoms with E-state index in [9.17, 15) is 4.79 Å². The van der Waals surface area contributed by atoms with E-state index >= 15 is 0 Å². The standard InChI is InChI=1S/C24H26N6O3.H2S/c1-29(2)18-7-5-17(6-8-18)20-14-21-23(27-11-10-26-21)24(28-20)33-16-19-15-30(12-13-32-19)22(31)4-3-9-25;/h5-8,10-11,14,19H,3-4,12-13,15-16H2,1-2H3;1H2/t19-;/m0./s1. The third-order valence-electron chi connectivity index (χ3n) is 5.45. The number of ether oxygens (including phenoxy) is 2. The van der Waals surface area contributed by atoms with Crippen molar-refractivity contribution in [2.45, 2.75) is 18.9 Å². The van der Waals surface area contributed by atoms with Gasteiger partial charge in [-0.15, -0.1) is 0 Å². The zero-order valence-electron chi connectivity index (χ0n) is 19.3. The molecular formula is C24H28N6O3S. The summed E-state index contributed by atoms with van der Waals surface area (Å²) in [6, 6.07) is 12.0. The Hall–Kier alpha value is -3.42. The molecule has 0 unspecified atom stereocenters. The van der Waals surface area contributed by atoms with E-state index < -0.39 is 0 Å². The molecule has 4 rings (SSSR count).